The van der Waals surface area contributed by atoms with E-state index in [0.717, 1.165) is 5.56 Å². The average Bonchev–Trinajstić information content (AvgIpc) is 2.34. The first-order valence-electron chi connectivity index (χ1n) is 5.91. The van der Waals surface area contributed by atoms with Crippen LogP contribution in [0.2, 0.25) is 0 Å². The number of carbonyl (C=O) groups is 2. The lowest BCUT2D eigenvalue weighted by atomic mass is 10.1. The van der Waals surface area contributed by atoms with Gasteiger partial charge in [-0.25, -0.2) is 0 Å². The van der Waals surface area contributed by atoms with E-state index in [1.807, 2.05) is 18.2 Å². The van der Waals surface area contributed by atoms with Gasteiger partial charge in [0, 0.05) is 19.5 Å². The van der Waals surface area contributed by atoms with E-state index in [2.05, 4.69) is 10.6 Å². The lowest BCUT2D eigenvalue weighted by Crippen LogP contribution is -2.25. The van der Waals surface area contributed by atoms with Gasteiger partial charge in [0.15, 0.2) is 6.61 Å². The molecule has 0 aliphatic carbocycles. The Kier molecular flexibility index (Phi) is 3.94. The molecule has 2 rings (SSSR count). The van der Waals surface area contributed by atoms with Crippen molar-refractivity contribution in [1.82, 2.24) is 5.32 Å². The van der Waals surface area contributed by atoms with E-state index in [9.17, 15) is 9.59 Å². The zero-order valence-corrected chi connectivity index (χ0v) is 10.3. The molecule has 0 aromatic heterocycles. The summed E-state index contributed by atoms with van der Waals surface area (Å²) in [6.45, 7) is 2.97. The van der Waals surface area contributed by atoms with Crippen LogP contribution in [0.4, 0.5) is 5.69 Å². The smallest absolute Gasteiger partial charge is 0.262 e. The molecule has 0 spiro atoms. The predicted octanol–water partition coefficient (Wildman–Crippen LogP) is 1.09. The number of rotatable bonds is 5. The van der Waals surface area contributed by atoms with E-state index in [1.165, 1.54) is 0 Å². The third-order valence-electron chi connectivity index (χ3n) is 2.66. The summed E-state index contributed by atoms with van der Waals surface area (Å²) < 4.78 is 5.27. The Bertz CT molecular complexity index is 471. The summed E-state index contributed by atoms with van der Waals surface area (Å²) in [6, 6.07) is 5.67. The third-order valence-corrected chi connectivity index (χ3v) is 2.66. The molecular weight excluding hydrogens is 232 g/mol. The fourth-order valence-electron chi connectivity index (χ4n) is 1.74. The van der Waals surface area contributed by atoms with Crippen LogP contribution in [0.25, 0.3) is 0 Å². The number of hydrogen-bond acceptors (Lipinski definition) is 4. The number of fused-ring (bicyclic) bond motifs is 1. The minimum absolute atomic E-state index is 0.0726. The van der Waals surface area contributed by atoms with E-state index in [1.54, 1.807) is 6.92 Å². The maximum absolute atomic E-state index is 11.2. The number of benzene rings is 1. The normalized spacial score (nSPS) is 13.5. The highest BCUT2D eigenvalue weighted by Crippen LogP contribution is 2.28. The van der Waals surface area contributed by atoms with Gasteiger partial charge in [-0.1, -0.05) is 6.07 Å². The molecule has 96 valence electrons. The van der Waals surface area contributed by atoms with Gasteiger partial charge < -0.3 is 15.4 Å². The second kappa shape index (κ2) is 5.64. The van der Waals surface area contributed by atoms with Gasteiger partial charge in [-0.3, -0.25) is 9.59 Å². The van der Waals surface area contributed by atoms with Gasteiger partial charge >= 0.3 is 0 Å². The van der Waals surface area contributed by atoms with Crippen LogP contribution in [0.5, 0.6) is 5.75 Å². The van der Waals surface area contributed by atoms with E-state index >= 15 is 0 Å². The second-order valence-electron chi connectivity index (χ2n) is 4.30. The van der Waals surface area contributed by atoms with Crippen molar-refractivity contribution in [1.29, 1.82) is 0 Å². The molecular formula is C13H16N2O3. The summed E-state index contributed by atoms with van der Waals surface area (Å²) in [5, 5.41) is 5.94. The summed E-state index contributed by atoms with van der Waals surface area (Å²) in [5.41, 5.74) is 1.75. The van der Waals surface area contributed by atoms with Crippen molar-refractivity contribution in [2.75, 3.05) is 18.5 Å². The van der Waals surface area contributed by atoms with E-state index in [4.69, 9.17) is 4.74 Å². The summed E-state index contributed by atoms with van der Waals surface area (Å²) in [6.07, 6.45) is 0.533. The first-order chi connectivity index (χ1) is 8.65. The molecule has 0 unspecified atom stereocenters. The molecule has 1 aromatic rings. The summed E-state index contributed by atoms with van der Waals surface area (Å²) in [5.74, 6) is 0.736. The molecule has 1 amide bonds. The zero-order chi connectivity index (χ0) is 13.0. The quantitative estimate of drug-likeness (QED) is 0.765. The Morgan fingerprint density at radius 2 is 2.33 bits per heavy atom. The van der Waals surface area contributed by atoms with E-state index < -0.39 is 0 Å². The molecule has 0 atom stereocenters. The first kappa shape index (κ1) is 12.6. The third kappa shape index (κ3) is 3.30. The number of ketones is 1. The van der Waals surface area contributed by atoms with Gasteiger partial charge in [0.2, 0.25) is 0 Å². The highest BCUT2D eigenvalue weighted by Gasteiger charge is 2.15. The Balaban J connectivity index is 1.92. The van der Waals surface area contributed by atoms with Crippen LogP contribution in [0.1, 0.15) is 18.9 Å². The van der Waals surface area contributed by atoms with Crippen LogP contribution < -0.4 is 15.4 Å². The van der Waals surface area contributed by atoms with Crippen LogP contribution >= 0.6 is 0 Å². The fraction of sp³-hybridized carbons (Fsp3) is 0.385. The van der Waals surface area contributed by atoms with Crippen molar-refractivity contribution in [2.45, 2.75) is 19.9 Å². The van der Waals surface area contributed by atoms with Crippen LogP contribution in [0, 0.1) is 0 Å². The highest BCUT2D eigenvalue weighted by atomic mass is 16.5. The average molecular weight is 248 g/mol. The fourth-order valence-corrected chi connectivity index (χ4v) is 1.74. The maximum Gasteiger partial charge on any atom is 0.262 e. The predicted molar refractivity (Wildman–Crippen MR) is 67.6 cm³/mol. The Morgan fingerprint density at radius 1 is 1.50 bits per heavy atom. The standard InChI is InChI=1S/C13H16N2O3/c1-9(16)4-5-14-7-10-2-3-12-11(6-10)15-13(17)8-18-12/h2-3,6,14H,4-5,7-8H2,1H3,(H,15,17). The number of Topliss-reactive ketones (excluding diaryl/α,β-unsaturated/α-hetero) is 1. The van der Waals surface area contributed by atoms with Gasteiger partial charge in [0.1, 0.15) is 11.5 Å². The van der Waals surface area contributed by atoms with Gasteiger partial charge in [-0.05, 0) is 24.6 Å². The van der Waals surface area contributed by atoms with Crippen molar-refractivity contribution in [3.8, 4) is 5.75 Å². The van der Waals surface area contributed by atoms with Gasteiger partial charge in [-0.15, -0.1) is 0 Å². The summed E-state index contributed by atoms with van der Waals surface area (Å²) in [4.78, 5) is 22.0. The molecule has 5 nitrogen and oxygen atoms in total. The molecule has 0 saturated carbocycles. The molecule has 1 aliphatic heterocycles. The molecule has 18 heavy (non-hydrogen) atoms. The maximum atomic E-state index is 11.2. The largest absolute Gasteiger partial charge is 0.482 e. The number of amides is 1. The van der Waals surface area contributed by atoms with E-state index in [0.29, 0.717) is 30.9 Å². The van der Waals surface area contributed by atoms with Crippen LogP contribution in [-0.2, 0) is 16.1 Å². The number of hydrogen-bond donors (Lipinski definition) is 2. The molecule has 1 aromatic carbocycles. The first-order valence-corrected chi connectivity index (χ1v) is 5.91. The second-order valence-corrected chi connectivity index (χ2v) is 4.30. The Labute approximate surface area is 106 Å². The minimum atomic E-state index is -0.135. The number of carbonyl (C=O) groups excluding carboxylic acids is 2. The number of ether oxygens (including phenoxy) is 1. The molecule has 0 bridgehead atoms. The van der Waals surface area contributed by atoms with Crippen molar-refractivity contribution < 1.29 is 14.3 Å². The van der Waals surface area contributed by atoms with Crippen molar-refractivity contribution in [3.05, 3.63) is 23.8 Å². The Morgan fingerprint density at radius 3 is 3.11 bits per heavy atom. The monoisotopic (exact) mass is 248 g/mol. The number of anilines is 1. The van der Waals surface area contributed by atoms with Gasteiger partial charge in [0.25, 0.3) is 5.91 Å². The molecule has 1 aliphatic rings. The zero-order valence-electron chi connectivity index (χ0n) is 10.3. The molecule has 0 saturated heterocycles. The lowest BCUT2D eigenvalue weighted by molar-refractivity contribution is -0.119. The number of nitrogens with one attached hydrogen (secondary N) is 2. The molecule has 0 fully saturated rings. The highest BCUT2D eigenvalue weighted by molar-refractivity contribution is 5.95. The summed E-state index contributed by atoms with van der Waals surface area (Å²) >= 11 is 0. The molecule has 0 radical (unpaired) electrons. The topological polar surface area (TPSA) is 67.4 Å². The van der Waals surface area contributed by atoms with Crippen LogP contribution in [0.15, 0.2) is 18.2 Å². The molecule has 2 N–H and O–H groups in total. The van der Waals surface area contributed by atoms with Gasteiger partial charge in [-0.2, -0.15) is 0 Å². The van der Waals surface area contributed by atoms with E-state index in [-0.39, 0.29) is 18.3 Å². The SMILES string of the molecule is CC(=O)CCNCc1ccc2c(c1)NC(=O)CO2. The molecule has 5 heteroatoms. The van der Waals surface area contributed by atoms with Gasteiger partial charge in [0.05, 0.1) is 5.69 Å². The van der Waals surface area contributed by atoms with Crippen molar-refractivity contribution >= 4 is 17.4 Å². The summed E-state index contributed by atoms with van der Waals surface area (Å²) in [7, 11) is 0. The van der Waals surface area contributed by atoms with Crippen molar-refractivity contribution in [3.63, 3.8) is 0 Å². The van der Waals surface area contributed by atoms with Crippen molar-refractivity contribution in [2.24, 2.45) is 0 Å². The van der Waals surface area contributed by atoms with Crippen LogP contribution in [-0.4, -0.2) is 24.8 Å². The molecule has 1 heterocycles. The van der Waals surface area contributed by atoms with Crippen LogP contribution in [0.3, 0.4) is 0 Å². The minimum Gasteiger partial charge on any atom is -0.482 e. The Hall–Kier alpha value is -1.88. The lowest BCUT2D eigenvalue weighted by Gasteiger charge is -2.18.